The fraction of sp³-hybridized carbons (Fsp3) is 0.423. The molecule has 0 aromatic heterocycles. The molecule has 34 heavy (non-hydrogen) atoms. The van der Waals surface area contributed by atoms with Gasteiger partial charge in [-0.25, -0.2) is 4.39 Å². The van der Waals surface area contributed by atoms with Gasteiger partial charge in [0.1, 0.15) is 24.2 Å². The van der Waals surface area contributed by atoms with Crippen molar-refractivity contribution in [3.8, 4) is 5.75 Å². The van der Waals surface area contributed by atoms with Crippen LogP contribution in [0.4, 0.5) is 4.39 Å². The number of piperidine rings is 2. The van der Waals surface area contributed by atoms with E-state index in [1.54, 1.807) is 17.0 Å². The molecule has 2 atom stereocenters. The Labute approximate surface area is 197 Å². The van der Waals surface area contributed by atoms with Gasteiger partial charge in [0, 0.05) is 31.1 Å². The molecule has 2 fully saturated rings. The molecule has 0 spiro atoms. The van der Waals surface area contributed by atoms with Crippen LogP contribution in [-0.4, -0.2) is 52.8 Å². The van der Waals surface area contributed by atoms with Crippen molar-refractivity contribution in [2.75, 3.05) is 13.2 Å². The molecular weight excluding hydrogens is 437 g/mol. The number of amides is 3. The highest BCUT2D eigenvalue weighted by molar-refractivity contribution is 6.05. The first-order valence-corrected chi connectivity index (χ1v) is 11.9. The van der Waals surface area contributed by atoms with Crippen LogP contribution in [-0.2, 0) is 22.7 Å². The Morgan fingerprint density at radius 3 is 2.65 bits per heavy atom. The normalized spacial score (nSPS) is 23.1. The van der Waals surface area contributed by atoms with E-state index < -0.39 is 11.9 Å². The Bertz CT molecular complexity index is 1100. The number of nitrogens with one attached hydrogen (secondary N) is 1. The average molecular weight is 466 g/mol. The van der Waals surface area contributed by atoms with Crippen molar-refractivity contribution < 1.29 is 23.5 Å². The summed E-state index contributed by atoms with van der Waals surface area (Å²) in [4.78, 5) is 40.5. The third-order valence-electron chi connectivity index (χ3n) is 6.99. The first kappa shape index (κ1) is 22.5. The third kappa shape index (κ3) is 4.68. The molecule has 0 radical (unpaired) electrons. The maximum atomic E-state index is 13.2. The number of hydrogen-bond donors (Lipinski definition) is 1. The molecule has 0 saturated carbocycles. The van der Waals surface area contributed by atoms with Gasteiger partial charge in [-0.15, -0.1) is 0 Å². The number of carbonyl (C=O) groups excluding carboxylic acids is 3. The molecule has 7 nitrogen and oxygen atoms in total. The van der Waals surface area contributed by atoms with E-state index >= 15 is 0 Å². The van der Waals surface area contributed by atoms with Crippen LogP contribution < -0.4 is 10.1 Å². The summed E-state index contributed by atoms with van der Waals surface area (Å²) in [5, 5.41) is 2.33. The summed E-state index contributed by atoms with van der Waals surface area (Å²) in [6.45, 7) is 2.60. The second-order valence-corrected chi connectivity index (χ2v) is 9.28. The molecule has 0 aliphatic carbocycles. The standard InChI is InChI=1S/C26H28FN3O4/c27-19-6-4-17(5-7-19)14-29-12-2-1-3-20(29)16-34-21-8-9-22-18(13-21)15-30(26(22)33)23-10-11-24(31)28-25(23)32/h4-9,13,20,23H,1-3,10-12,14-16H2,(H,28,31,32)/t20-,23?/m1/s1. The molecule has 8 heteroatoms. The smallest absolute Gasteiger partial charge is 0.255 e. The van der Waals surface area contributed by atoms with Gasteiger partial charge in [0.15, 0.2) is 0 Å². The number of hydrogen-bond acceptors (Lipinski definition) is 5. The van der Waals surface area contributed by atoms with Gasteiger partial charge in [-0.3, -0.25) is 24.6 Å². The Morgan fingerprint density at radius 2 is 1.85 bits per heavy atom. The average Bonchev–Trinajstić information content (AvgIpc) is 3.15. The lowest BCUT2D eigenvalue weighted by molar-refractivity contribution is -0.136. The van der Waals surface area contributed by atoms with Gasteiger partial charge in [0.2, 0.25) is 11.8 Å². The van der Waals surface area contributed by atoms with Crippen molar-refractivity contribution in [3.63, 3.8) is 0 Å². The number of halogens is 1. The Morgan fingerprint density at radius 1 is 1.03 bits per heavy atom. The van der Waals surface area contributed by atoms with Gasteiger partial charge in [-0.2, -0.15) is 0 Å². The van der Waals surface area contributed by atoms with Crippen LogP contribution in [0.15, 0.2) is 42.5 Å². The molecule has 5 rings (SSSR count). The van der Waals surface area contributed by atoms with E-state index in [0.717, 1.165) is 43.5 Å². The van der Waals surface area contributed by atoms with E-state index in [0.29, 0.717) is 30.9 Å². The number of imide groups is 1. The molecule has 2 aromatic carbocycles. The predicted octanol–water partition coefficient (Wildman–Crippen LogP) is 3.02. The Balaban J connectivity index is 1.22. The lowest BCUT2D eigenvalue weighted by atomic mass is 10.0. The lowest BCUT2D eigenvalue weighted by Crippen LogP contribution is -2.52. The molecule has 3 aliphatic rings. The van der Waals surface area contributed by atoms with Crippen LogP contribution >= 0.6 is 0 Å². The first-order valence-electron chi connectivity index (χ1n) is 11.9. The number of likely N-dealkylation sites (tertiary alicyclic amines) is 1. The highest BCUT2D eigenvalue weighted by Gasteiger charge is 2.39. The van der Waals surface area contributed by atoms with E-state index in [1.807, 2.05) is 18.2 Å². The number of carbonyl (C=O) groups is 3. The largest absolute Gasteiger partial charge is 0.492 e. The van der Waals surface area contributed by atoms with Crippen molar-refractivity contribution in [1.82, 2.24) is 15.1 Å². The quantitative estimate of drug-likeness (QED) is 0.664. The van der Waals surface area contributed by atoms with Gasteiger partial charge in [0.25, 0.3) is 5.91 Å². The minimum absolute atomic E-state index is 0.186. The topological polar surface area (TPSA) is 79.0 Å². The zero-order chi connectivity index (χ0) is 23.7. The number of ether oxygens (including phenoxy) is 1. The van der Waals surface area contributed by atoms with Gasteiger partial charge < -0.3 is 9.64 Å². The van der Waals surface area contributed by atoms with Crippen LogP contribution in [0, 0.1) is 5.82 Å². The fourth-order valence-electron chi connectivity index (χ4n) is 5.11. The molecular formula is C26H28FN3O4. The molecule has 3 heterocycles. The molecule has 178 valence electrons. The van der Waals surface area contributed by atoms with Crippen LogP contribution in [0.2, 0.25) is 0 Å². The number of benzene rings is 2. The van der Waals surface area contributed by atoms with E-state index in [1.165, 1.54) is 12.1 Å². The second-order valence-electron chi connectivity index (χ2n) is 9.28. The van der Waals surface area contributed by atoms with E-state index in [-0.39, 0.29) is 30.1 Å². The molecule has 2 saturated heterocycles. The summed E-state index contributed by atoms with van der Waals surface area (Å²) in [6.07, 6.45) is 3.90. The summed E-state index contributed by atoms with van der Waals surface area (Å²) in [6, 6.07) is 11.7. The maximum Gasteiger partial charge on any atom is 0.255 e. The van der Waals surface area contributed by atoms with Gasteiger partial charge in [-0.05, 0) is 67.3 Å². The Hall–Kier alpha value is -3.26. The summed E-state index contributed by atoms with van der Waals surface area (Å²) >= 11 is 0. The molecule has 1 unspecified atom stereocenters. The minimum Gasteiger partial charge on any atom is -0.492 e. The fourth-order valence-corrected chi connectivity index (χ4v) is 5.11. The summed E-state index contributed by atoms with van der Waals surface area (Å²) in [5.74, 6) is -0.420. The van der Waals surface area contributed by atoms with Crippen LogP contribution in [0.25, 0.3) is 0 Å². The second kappa shape index (κ2) is 9.54. The predicted molar refractivity (Wildman–Crippen MR) is 122 cm³/mol. The van der Waals surface area contributed by atoms with Crippen LogP contribution in [0.5, 0.6) is 5.75 Å². The maximum absolute atomic E-state index is 13.2. The highest BCUT2D eigenvalue weighted by Crippen LogP contribution is 2.30. The minimum atomic E-state index is -0.621. The zero-order valence-electron chi connectivity index (χ0n) is 19.0. The summed E-state index contributed by atoms with van der Waals surface area (Å²) < 4.78 is 19.4. The lowest BCUT2D eigenvalue weighted by Gasteiger charge is -2.35. The molecule has 2 aromatic rings. The number of nitrogens with zero attached hydrogens (tertiary/aromatic N) is 2. The Kier molecular flexibility index (Phi) is 6.32. The van der Waals surface area contributed by atoms with Crippen LogP contribution in [0.1, 0.15) is 53.6 Å². The van der Waals surface area contributed by atoms with Crippen LogP contribution in [0.3, 0.4) is 0 Å². The van der Waals surface area contributed by atoms with E-state index in [4.69, 9.17) is 4.74 Å². The molecule has 3 amide bonds. The first-order chi connectivity index (χ1) is 16.5. The monoisotopic (exact) mass is 465 g/mol. The van der Waals surface area contributed by atoms with Crippen molar-refractivity contribution >= 4 is 17.7 Å². The van der Waals surface area contributed by atoms with Gasteiger partial charge >= 0.3 is 0 Å². The van der Waals surface area contributed by atoms with E-state index in [9.17, 15) is 18.8 Å². The molecule has 1 N–H and O–H groups in total. The van der Waals surface area contributed by atoms with Gasteiger partial charge in [-0.1, -0.05) is 18.6 Å². The van der Waals surface area contributed by atoms with Crippen molar-refractivity contribution in [1.29, 1.82) is 0 Å². The number of fused-ring (bicyclic) bond motifs is 1. The van der Waals surface area contributed by atoms with Crippen molar-refractivity contribution in [2.45, 2.75) is 57.3 Å². The number of rotatable bonds is 6. The SMILES string of the molecule is O=C1CCC(N2Cc3cc(OC[C@H]4CCCCN4Cc4ccc(F)cc4)ccc3C2=O)C(=O)N1. The molecule has 3 aliphatic heterocycles. The summed E-state index contributed by atoms with van der Waals surface area (Å²) in [5.41, 5.74) is 2.49. The van der Waals surface area contributed by atoms with Crippen molar-refractivity contribution in [3.05, 3.63) is 65.0 Å². The summed E-state index contributed by atoms with van der Waals surface area (Å²) in [7, 11) is 0. The molecule has 0 bridgehead atoms. The van der Waals surface area contributed by atoms with E-state index in [2.05, 4.69) is 10.2 Å². The van der Waals surface area contributed by atoms with Gasteiger partial charge in [0.05, 0.1) is 0 Å². The zero-order valence-corrected chi connectivity index (χ0v) is 19.0. The highest BCUT2D eigenvalue weighted by atomic mass is 19.1. The third-order valence-corrected chi connectivity index (χ3v) is 6.99. The van der Waals surface area contributed by atoms with Crippen molar-refractivity contribution in [2.24, 2.45) is 0 Å².